The van der Waals surface area contributed by atoms with Crippen molar-refractivity contribution >= 4 is 5.91 Å². The van der Waals surface area contributed by atoms with Crippen molar-refractivity contribution in [2.45, 2.75) is 38.1 Å². The molecular formula is C15H18N4O. The number of hydrogen-bond acceptors (Lipinski definition) is 3. The minimum absolute atomic E-state index is 0.00780. The fourth-order valence-corrected chi connectivity index (χ4v) is 2.24. The van der Waals surface area contributed by atoms with Gasteiger partial charge in [-0.3, -0.25) is 9.89 Å². The number of amides is 1. The summed E-state index contributed by atoms with van der Waals surface area (Å²) in [6.45, 7) is 2.05. The van der Waals surface area contributed by atoms with Crippen LogP contribution >= 0.6 is 0 Å². The van der Waals surface area contributed by atoms with Gasteiger partial charge in [0.25, 0.3) is 5.91 Å². The number of aromatic amines is 1. The molecule has 1 fully saturated rings. The minimum atomic E-state index is -0.219. The lowest BCUT2D eigenvalue weighted by atomic mass is 10.0. The van der Waals surface area contributed by atoms with E-state index in [2.05, 4.69) is 20.5 Å². The Hall–Kier alpha value is -2.17. The van der Waals surface area contributed by atoms with E-state index >= 15 is 0 Å². The van der Waals surface area contributed by atoms with Gasteiger partial charge < -0.3 is 5.32 Å². The SMILES string of the molecule is CCC(NC(=O)c1n[nH]c(C2CC2)n1)c1ccccc1. The van der Waals surface area contributed by atoms with Gasteiger partial charge in [-0.25, -0.2) is 4.98 Å². The zero-order valence-electron chi connectivity index (χ0n) is 11.5. The molecule has 3 rings (SSSR count). The number of nitrogens with one attached hydrogen (secondary N) is 2. The van der Waals surface area contributed by atoms with E-state index < -0.39 is 0 Å². The molecule has 0 radical (unpaired) electrons. The van der Waals surface area contributed by atoms with Crippen molar-refractivity contribution in [2.24, 2.45) is 0 Å². The Morgan fingerprint density at radius 1 is 1.40 bits per heavy atom. The van der Waals surface area contributed by atoms with Crippen molar-refractivity contribution in [3.8, 4) is 0 Å². The topological polar surface area (TPSA) is 70.7 Å². The Labute approximate surface area is 117 Å². The Bertz CT molecular complexity index is 589. The highest BCUT2D eigenvalue weighted by atomic mass is 16.2. The van der Waals surface area contributed by atoms with E-state index in [4.69, 9.17) is 0 Å². The van der Waals surface area contributed by atoms with Crippen molar-refractivity contribution in [3.63, 3.8) is 0 Å². The molecular weight excluding hydrogens is 252 g/mol. The quantitative estimate of drug-likeness (QED) is 0.877. The van der Waals surface area contributed by atoms with E-state index in [1.54, 1.807) is 0 Å². The highest BCUT2D eigenvalue weighted by Crippen LogP contribution is 2.37. The summed E-state index contributed by atoms with van der Waals surface area (Å²) in [6.07, 6.45) is 3.10. The molecule has 0 spiro atoms. The number of carbonyl (C=O) groups excluding carboxylic acids is 1. The number of aromatic nitrogens is 3. The highest BCUT2D eigenvalue weighted by molar-refractivity contribution is 5.90. The first-order valence-corrected chi connectivity index (χ1v) is 7.06. The zero-order chi connectivity index (χ0) is 13.9. The average molecular weight is 270 g/mol. The molecule has 1 saturated carbocycles. The van der Waals surface area contributed by atoms with Crippen LogP contribution in [-0.2, 0) is 0 Å². The molecule has 0 aliphatic heterocycles. The molecule has 1 atom stereocenters. The maximum atomic E-state index is 12.2. The van der Waals surface area contributed by atoms with E-state index in [0.29, 0.717) is 5.92 Å². The summed E-state index contributed by atoms with van der Waals surface area (Å²) < 4.78 is 0. The third-order valence-corrected chi connectivity index (χ3v) is 3.59. The van der Waals surface area contributed by atoms with Crippen LogP contribution in [0.15, 0.2) is 30.3 Å². The van der Waals surface area contributed by atoms with Gasteiger partial charge in [-0.05, 0) is 24.8 Å². The lowest BCUT2D eigenvalue weighted by molar-refractivity contribution is 0.0925. The second-order valence-electron chi connectivity index (χ2n) is 5.16. The smallest absolute Gasteiger partial charge is 0.291 e. The van der Waals surface area contributed by atoms with Gasteiger partial charge in [0.2, 0.25) is 5.82 Å². The van der Waals surface area contributed by atoms with Crippen molar-refractivity contribution in [1.82, 2.24) is 20.5 Å². The van der Waals surface area contributed by atoms with Crippen LogP contribution in [0.4, 0.5) is 0 Å². The Kier molecular flexibility index (Phi) is 3.50. The summed E-state index contributed by atoms with van der Waals surface area (Å²) in [4.78, 5) is 16.5. The molecule has 0 bridgehead atoms. The number of nitrogens with zero attached hydrogens (tertiary/aromatic N) is 2. The highest BCUT2D eigenvalue weighted by Gasteiger charge is 2.28. The molecule has 1 aromatic carbocycles. The van der Waals surface area contributed by atoms with Gasteiger partial charge in [0, 0.05) is 5.92 Å². The number of H-pyrrole nitrogens is 1. The molecule has 1 aliphatic carbocycles. The second-order valence-corrected chi connectivity index (χ2v) is 5.16. The number of rotatable bonds is 5. The molecule has 2 N–H and O–H groups in total. The number of hydrogen-bond donors (Lipinski definition) is 2. The molecule has 1 amide bonds. The third kappa shape index (κ3) is 2.71. The first kappa shape index (κ1) is 12.8. The Morgan fingerprint density at radius 2 is 2.15 bits per heavy atom. The van der Waals surface area contributed by atoms with E-state index in [1.807, 2.05) is 37.3 Å². The fourth-order valence-electron chi connectivity index (χ4n) is 2.24. The van der Waals surface area contributed by atoms with Crippen LogP contribution in [0.2, 0.25) is 0 Å². The van der Waals surface area contributed by atoms with E-state index in [-0.39, 0.29) is 17.8 Å². The first-order valence-electron chi connectivity index (χ1n) is 7.06. The van der Waals surface area contributed by atoms with Gasteiger partial charge in [-0.2, -0.15) is 0 Å². The summed E-state index contributed by atoms with van der Waals surface area (Å²) in [6, 6.07) is 9.94. The molecule has 1 aromatic heterocycles. The normalized spacial score (nSPS) is 15.8. The van der Waals surface area contributed by atoms with Crippen LogP contribution < -0.4 is 5.32 Å². The third-order valence-electron chi connectivity index (χ3n) is 3.59. The maximum absolute atomic E-state index is 12.2. The number of benzene rings is 1. The standard InChI is InChI=1S/C15H18N4O/c1-2-12(10-6-4-3-5-7-10)16-15(20)14-17-13(18-19-14)11-8-9-11/h3-7,11-12H,2,8-9H2,1H3,(H,16,20)(H,17,18,19). The van der Waals surface area contributed by atoms with E-state index in [1.165, 1.54) is 0 Å². The lowest BCUT2D eigenvalue weighted by Gasteiger charge is -2.16. The van der Waals surface area contributed by atoms with Crippen molar-refractivity contribution in [2.75, 3.05) is 0 Å². The summed E-state index contributed by atoms with van der Waals surface area (Å²) in [5.74, 6) is 1.33. The zero-order valence-corrected chi connectivity index (χ0v) is 11.5. The largest absolute Gasteiger partial charge is 0.342 e. The van der Waals surface area contributed by atoms with Crippen LogP contribution in [0.1, 0.15) is 60.2 Å². The Morgan fingerprint density at radius 3 is 2.80 bits per heavy atom. The molecule has 1 heterocycles. The van der Waals surface area contributed by atoms with E-state index in [0.717, 1.165) is 30.7 Å². The number of carbonyl (C=O) groups is 1. The van der Waals surface area contributed by atoms with Gasteiger partial charge in [0.05, 0.1) is 6.04 Å². The predicted molar refractivity (Wildman–Crippen MR) is 75.3 cm³/mol. The molecule has 5 heteroatoms. The molecule has 5 nitrogen and oxygen atoms in total. The fraction of sp³-hybridized carbons (Fsp3) is 0.400. The van der Waals surface area contributed by atoms with Gasteiger partial charge in [0.1, 0.15) is 5.82 Å². The van der Waals surface area contributed by atoms with Crippen LogP contribution in [0.5, 0.6) is 0 Å². The van der Waals surface area contributed by atoms with Crippen LogP contribution in [0.3, 0.4) is 0 Å². The molecule has 1 unspecified atom stereocenters. The summed E-state index contributed by atoms with van der Waals surface area (Å²) in [5.41, 5.74) is 1.10. The monoisotopic (exact) mass is 270 g/mol. The molecule has 104 valence electrons. The van der Waals surface area contributed by atoms with Gasteiger partial charge >= 0.3 is 0 Å². The summed E-state index contributed by atoms with van der Waals surface area (Å²) in [7, 11) is 0. The summed E-state index contributed by atoms with van der Waals surface area (Å²) in [5, 5.41) is 9.86. The van der Waals surface area contributed by atoms with Crippen molar-refractivity contribution < 1.29 is 4.79 Å². The lowest BCUT2D eigenvalue weighted by Crippen LogP contribution is -2.29. The maximum Gasteiger partial charge on any atom is 0.291 e. The second kappa shape index (κ2) is 5.45. The van der Waals surface area contributed by atoms with Crippen molar-refractivity contribution in [1.29, 1.82) is 0 Å². The van der Waals surface area contributed by atoms with Gasteiger partial charge in [-0.1, -0.05) is 37.3 Å². The Balaban J connectivity index is 1.70. The molecule has 2 aromatic rings. The molecule has 20 heavy (non-hydrogen) atoms. The van der Waals surface area contributed by atoms with Gasteiger partial charge in [0.15, 0.2) is 0 Å². The van der Waals surface area contributed by atoms with E-state index in [9.17, 15) is 4.79 Å². The predicted octanol–water partition coefficient (Wildman–Crippen LogP) is 2.56. The summed E-state index contributed by atoms with van der Waals surface area (Å²) >= 11 is 0. The van der Waals surface area contributed by atoms with Gasteiger partial charge in [-0.15, -0.1) is 5.10 Å². The van der Waals surface area contributed by atoms with Crippen LogP contribution in [0.25, 0.3) is 0 Å². The average Bonchev–Trinajstić information content (AvgIpc) is 3.22. The van der Waals surface area contributed by atoms with Crippen LogP contribution in [0, 0.1) is 0 Å². The van der Waals surface area contributed by atoms with Crippen LogP contribution in [-0.4, -0.2) is 21.1 Å². The minimum Gasteiger partial charge on any atom is -0.342 e. The first-order chi connectivity index (χ1) is 9.78. The van der Waals surface area contributed by atoms with Crippen molar-refractivity contribution in [3.05, 3.63) is 47.5 Å². The molecule has 1 aliphatic rings. The molecule has 0 saturated heterocycles.